The molecule has 0 bridgehead atoms. The second-order valence-corrected chi connectivity index (χ2v) is 0. The average Bonchev–Trinajstić information content (AvgIpc) is 0. The van der Waals surface area contributed by atoms with Gasteiger partial charge in [-0.1, -0.05) is 0 Å². The molecule has 0 rings (SSSR count). The topological polar surface area (TPSA) is 28.5 Å². The summed E-state index contributed by atoms with van der Waals surface area (Å²) in [5.74, 6) is 0. The minimum absolute atomic E-state index is 0. The van der Waals surface area contributed by atoms with Gasteiger partial charge in [-0.25, -0.2) is 0 Å². The molecule has 0 amide bonds. The van der Waals surface area contributed by atoms with Crippen LogP contribution < -0.4 is 0 Å². The number of rotatable bonds is 0. The van der Waals surface area contributed by atoms with Gasteiger partial charge in [0.1, 0.15) is 0 Å². The smallest absolute Gasteiger partial charge is 0 e. The van der Waals surface area contributed by atoms with Crippen molar-refractivity contribution in [3.05, 3.63) is 0 Å². The van der Waals surface area contributed by atoms with Crippen molar-refractivity contribution in [3.8, 4) is 0 Å². The van der Waals surface area contributed by atoms with Crippen LogP contribution in [0.5, 0.6) is 0 Å². The summed E-state index contributed by atoms with van der Waals surface area (Å²) in [6, 6.07) is 0. The van der Waals surface area contributed by atoms with E-state index in [9.17, 15) is 0 Å². The van der Waals surface area contributed by atoms with Crippen molar-refractivity contribution < 1.29 is 38.7 Å². The van der Waals surface area contributed by atoms with Crippen LogP contribution in [0.15, 0.2) is 0 Å². The number of hydrogen-bond donors (Lipinski definition) is 0. The predicted molar refractivity (Wildman–Crippen MR) is 6.44 cm³/mol. The van der Waals surface area contributed by atoms with Crippen molar-refractivity contribution in [3.63, 3.8) is 0 Å². The van der Waals surface area contributed by atoms with Crippen LogP contribution in [0, 0.1) is 0 Å². The fourth-order valence-corrected chi connectivity index (χ4v) is 0. The molecule has 0 fully saturated rings. The molecule has 0 saturated heterocycles. The molecule has 1 nitrogen and oxygen atoms in total. The monoisotopic (exact) mass is 161 g/mol. The van der Waals surface area contributed by atoms with Crippen LogP contribution in [0.1, 0.15) is 0 Å². The maximum absolute atomic E-state index is 0. The van der Waals surface area contributed by atoms with E-state index in [1.54, 1.807) is 0 Å². The first kappa shape index (κ1) is 65.2. The van der Waals surface area contributed by atoms with E-state index >= 15 is 0 Å². The van der Waals surface area contributed by atoms with Crippen LogP contribution in [0.3, 0.4) is 0 Å². The van der Waals surface area contributed by atoms with Gasteiger partial charge in [0.15, 0.2) is 0 Å². The standard InChI is InChI=1S/Co.Ni.O.Si. The zero-order valence-corrected chi connectivity index (χ0v) is 4.59. The fraction of sp³-hybridized carbons (Fsp3) is 0. The van der Waals surface area contributed by atoms with Crippen LogP contribution >= 0.6 is 0 Å². The van der Waals surface area contributed by atoms with Gasteiger partial charge < -0.3 is 0 Å². The summed E-state index contributed by atoms with van der Waals surface area (Å²) in [7, 11) is 0. The zero-order valence-electron chi connectivity index (χ0n) is 1.56. The van der Waals surface area contributed by atoms with Gasteiger partial charge in [-0.05, 0) is 0 Å². The quantitative estimate of drug-likeness (QED) is 0.429. The van der Waals surface area contributed by atoms with Crippen LogP contribution in [0.2, 0.25) is 0 Å². The van der Waals surface area contributed by atoms with Crippen LogP contribution in [0.4, 0.5) is 0 Å². The van der Waals surface area contributed by atoms with Crippen LogP contribution in [-0.2, 0) is 38.7 Å². The predicted octanol–water partition coefficient (Wildman–Crippen LogP) is -0.505. The molecule has 0 aliphatic carbocycles. The molecule has 4 heteroatoms. The Morgan fingerprint density at radius 1 is 1.00 bits per heavy atom. The first-order valence-electron chi connectivity index (χ1n) is 0. The number of hydrogen-bond acceptors (Lipinski definition) is 0. The van der Waals surface area contributed by atoms with E-state index in [1.807, 2.05) is 0 Å². The van der Waals surface area contributed by atoms with Gasteiger partial charge in [-0.2, -0.15) is 0 Å². The molecule has 0 saturated carbocycles. The van der Waals surface area contributed by atoms with Gasteiger partial charge in [0.25, 0.3) is 0 Å². The van der Waals surface area contributed by atoms with Gasteiger partial charge >= 0.3 is 0 Å². The Labute approximate surface area is 50.0 Å². The summed E-state index contributed by atoms with van der Waals surface area (Å²) in [6.45, 7) is 0. The van der Waals surface area contributed by atoms with Crippen molar-refractivity contribution >= 4 is 11.0 Å². The SMILES string of the molecule is [Co].[Ni].[O].[Si]. The van der Waals surface area contributed by atoms with E-state index < -0.39 is 0 Å². The molecule has 0 heterocycles. The summed E-state index contributed by atoms with van der Waals surface area (Å²) in [5.41, 5.74) is 0. The Kier molecular flexibility index (Phi) is 496. The third kappa shape index (κ3) is 10.9. The average molecular weight is 162 g/mol. The first-order valence-corrected chi connectivity index (χ1v) is 0. The molecule has 4 heavy (non-hydrogen) atoms. The molecule has 0 spiro atoms. The van der Waals surface area contributed by atoms with Crippen LogP contribution in [-0.4, -0.2) is 11.0 Å². The molecule has 0 aliphatic heterocycles. The fourth-order valence-electron chi connectivity index (χ4n) is 0. The van der Waals surface area contributed by atoms with E-state index in [-0.39, 0.29) is 49.7 Å². The summed E-state index contributed by atoms with van der Waals surface area (Å²) in [5, 5.41) is 0. The van der Waals surface area contributed by atoms with Crippen molar-refractivity contribution in [2.24, 2.45) is 0 Å². The van der Waals surface area contributed by atoms with Gasteiger partial charge in [-0.3, -0.25) is 0 Å². The zero-order chi connectivity index (χ0) is 0. The Morgan fingerprint density at radius 3 is 1.00 bits per heavy atom. The normalized spacial score (nSPS) is 0. The molecule has 0 aromatic heterocycles. The van der Waals surface area contributed by atoms with Gasteiger partial charge in [0, 0.05) is 49.7 Å². The minimum Gasteiger partial charge on any atom is 0 e. The molecule has 7 radical (unpaired) electrons. The summed E-state index contributed by atoms with van der Waals surface area (Å²) in [4.78, 5) is 0. The second kappa shape index (κ2) is 30.4. The van der Waals surface area contributed by atoms with Crippen molar-refractivity contribution in [2.75, 3.05) is 0 Å². The maximum Gasteiger partial charge on any atom is 0 e. The molecule has 0 aliphatic rings. The Bertz CT molecular complexity index is 8.00. The van der Waals surface area contributed by atoms with Gasteiger partial charge in [-0.15, -0.1) is 0 Å². The van der Waals surface area contributed by atoms with Crippen molar-refractivity contribution in [2.45, 2.75) is 0 Å². The first-order chi connectivity index (χ1) is 0. The molecule has 0 aromatic carbocycles. The van der Waals surface area contributed by atoms with E-state index in [2.05, 4.69) is 0 Å². The molecular weight excluding hydrogens is 162 g/mol. The largest absolute Gasteiger partial charge is 0 e. The second-order valence-electron chi connectivity index (χ2n) is 0. The molecule has 0 N–H and O–H groups in total. The molecule has 29 valence electrons. The Morgan fingerprint density at radius 2 is 1.00 bits per heavy atom. The van der Waals surface area contributed by atoms with Crippen molar-refractivity contribution in [1.82, 2.24) is 0 Å². The summed E-state index contributed by atoms with van der Waals surface area (Å²) >= 11 is 0. The summed E-state index contributed by atoms with van der Waals surface area (Å²) in [6.07, 6.45) is 0. The van der Waals surface area contributed by atoms with Gasteiger partial charge in [0.05, 0.1) is 0 Å². The van der Waals surface area contributed by atoms with Crippen LogP contribution in [0.25, 0.3) is 0 Å². The molecule has 0 aromatic rings. The molecule has 0 atom stereocenters. The van der Waals surface area contributed by atoms with E-state index in [1.165, 1.54) is 0 Å². The summed E-state index contributed by atoms with van der Waals surface area (Å²) < 4.78 is 0. The molecule has 0 unspecified atom stereocenters. The van der Waals surface area contributed by atoms with Crippen molar-refractivity contribution in [1.29, 1.82) is 0 Å². The van der Waals surface area contributed by atoms with E-state index in [4.69, 9.17) is 0 Å². The minimum atomic E-state index is 0. The Balaban J connectivity index is 0. The maximum atomic E-state index is 0. The Hall–Kier alpha value is 1.18. The third-order valence-electron chi connectivity index (χ3n) is 0. The molecular formula is CoNiOSi. The van der Waals surface area contributed by atoms with Gasteiger partial charge in [0.2, 0.25) is 0 Å². The van der Waals surface area contributed by atoms with E-state index in [0.717, 1.165) is 0 Å². The third-order valence-corrected chi connectivity index (χ3v) is 0. The van der Waals surface area contributed by atoms with E-state index in [0.29, 0.717) is 0 Å².